The Morgan fingerprint density at radius 1 is 0.320 bits per heavy atom. The highest BCUT2D eigenvalue weighted by Gasteiger charge is 2.22. The Bertz CT molecular complexity index is 2810. The van der Waals surface area contributed by atoms with Crippen molar-refractivity contribution < 1.29 is 8.83 Å². The van der Waals surface area contributed by atoms with Crippen molar-refractivity contribution in [1.29, 1.82) is 0 Å². The Hall–Kier alpha value is -6.85. The van der Waals surface area contributed by atoms with Gasteiger partial charge in [-0.15, -0.1) is 0 Å². The Labute approximate surface area is 287 Å². The van der Waals surface area contributed by atoms with Gasteiger partial charge in [-0.05, 0) is 47.0 Å². The van der Waals surface area contributed by atoms with E-state index < -0.39 is 0 Å². The molecule has 0 saturated heterocycles. The van der Waals surface area contributed by atoms with Gasteiger partial charge < -0.3 is 8.83 Å². The highest BCUT2D eigenvalue weighted by molar-refractivity contribution is 6.15. The van der Waals surface area contributed by atoms with Gasteiger partial charge in [0.05, 0.1) is 0 Å². The number of para-hydroxylation sites is 2. The first-order valence-electron chi connectivity index (χ1n) is 16.6. The zero-order chi connectivity index (χ0) is 33.0. The highest BCUT2D eigenvalue weighted by Crippen LogP contribution is 2.45. The van der Waals surface area contributed by atoms with Crippen molar-refractivity contribution in [3.8, 4) is 56.4 Å². The van der Waals surface area contributed by atoms with Crippen LogP contribution in [0.15, 0.2) is 173 Å². The van der Waals surface area contributed by atoms with E-state index in [-0.39, 0.29) is 0 Å². The van der Waals surface area contributed by atoms with Crippen LogP contribution in [0.1, 0.15) is 0 Å². The van der Waals surface area contributed by atoms with E-state index in [9.17, 15) is 0 Å². The normalized spacial score (nSPS) is 11.6. The molecule has 3 aromatic heterocycles. The van der Waals surface area contributed by atoms with Crippen LogP contribution in [0.5, 0.6) is 0 Å². The van der Waals surface area contributed by atoms with E-state index in [0.29, 0.717) is 17.5 Å². The second-order valence-corrected chi connectivity index (χ2v) is 12.4. The maximum atomic E-state index is 6.39. The van der Waals surface area contributed by atoms with Gasteiger partial charge in [-0.2, -0.15) is 0 Å². The Balaban J connectivity index is 1.29. The molecule has 0 bridgehead atoms. The zero-order valence-corrected chi connectivity index (χ0v) is 26.7. The predicted octanol–water partition coefficient (Wildman–Crippen LogP) is 12.0. The number of hydrogen-bond donors (Lipinski definition) is 0. The summed E-state index contributed by atoms with van der Waals surface area (Å²) in [7, 11) is 0. The number of aromatic nitrogens is 3. The van der Waals surface area contributed by atoms with E-state index in [1.807, 2.05) is 97.1 Å². The largest absolute Gasteiger partial charge is 0.456 e. The molecule has 5 nitrogen and oxygen atoms in total. The van der Waals surface area contributed by atoms with E-state index >= 15 is 0 Å². The number of fused-ring (bicyclic) bond motifs is 6. The maximum Gasteiger partial charge on any atom is 0.164 e. The lowest BCUT2D eigenvalue weighted by atomic mass is 9.87. The van der Waals surface area contributed by atoms with Crippen molar-refractivity contribution >= 4 is 43.9 Å². The Morgan fingerprint density at radius 2 is 0.840 bits per heavy atom. The first-order chi connectivity index (χ1) is 24.8. The molecule has 0 spiro atoms. The van der Waals surface area contributed by atoms with Gasteiger partial charge in [0.25, 0.3) is 0 Å². The third-order valence-electron chi connectivity index (χ3n) is 9.37. The van der Waals surface area contributed by atoms with Crippen molar-refractivity contribution in [3.05, 3.63) is 164 Å². The maximum absolute atomic E-state index is 6.39. The summed E-state index contributed by atoms with van der Waals surface area (Å²) < 4.78 is 12.8. The smallest absolute Gasteiger partial charge is 0.164 e. The second-order valence-electron chi connectivity index (χ2n) is 12.4. The molecule has 0 amide bonds. The van der Waals surface area contributed by atoms with Crippen molar-refractivity contribution in [2.24, 2.45) is 0 Å². The minimum atomic E-state index is 0.587. The van der Waals surface area contributed by atoms with Crippen LogP contribution in [0, 0.1) is 0 Å². The van der Waals surface area contributed by atoms with Gasteiger partial charge >= 0.3 is 0 Å². The van der Waals surface area contributed by atoms with Gasteiger partial charge in [0.2, 0.25) is 0 Å². The molecule has 7 aromatic carbocycles. The van der Waals surface area contributed by atoms with Crippen LogP contribution >= 0.6 is 0 Å². The van der Waals surface area contributed by atoms with Crippen LogP contribution in [-0.2, 0) is 0 Å². The van der Waals surface area contributed by atoms with Crippen molar-refractivity contribution in [1.82, 2.24) is 15.0 Å². The van der Waals surface area contributed by atoms with Crippen LogP contribution in [-0.4, -0.2) is 15.0 Å². The van der Waals surface area contributed by atoms with Crippen molar-refractivity contribution in [2.75, 3.05) is 0 Å². The molecule has 234 valence electrons. The lowest BCUT2D eigenvalue weighted by Gasteiger charge is -2.17. The molecule has 10 rings (SSSR count). The van der Waals surface area contributed by atoms with Gasteiger partial charge in [0, 0.05) is 43.8 Å². The molecule has 0 saturated carbocycles. The quantitative estimate of drug-likeness (QED) is 0.187. The van der Waals surface area contributed by atoms with Crippen LogP contribution < -0.4 is 0 Å². The molecule has 0 unspecified atom stereocenters. The Kier molecular flexibility index (Phi) is 6.42. The van der Waals surface area contributed by atoms with E-state index in [4.69, 9.17) is 23.8 Å². The molecule has 10 aromatic rings. The van der Waals surface area contributed by atoms with E-state index in [2.05, 4.69) is 66.7 Å². The summed E-state index contributed by atoms with van der Waals surface area (Å²) in [5, 5.41) is 4.28. The van der Waals surface area contributed by atoms with Crippen molar-refractivity contribution in [2.45, 2.75) is 0 Å². The fraction of sp³-hybridized carbons (Fsp3) is 0. The molecule has 0 radical (unpaired) electrons. The first kappa shape index (κ1) is 28.2. The molecule has 3 heterocycles. The standard InChI is InChI=1S/C45H27N3O2/c1-3-13-28(14-4-1)43-46-44(29-15-5-2-6-16-29)48-45(47-43)36-21-11-19-31(30-25-26-33-32-17-7-9-22-37(32)50-40(33)27-30)41(36)35-20-12-24-39-42(35)34-18-8-10-23-38(34)49-39/h1-27H. The summed E-state index contributed by atoms with van der Waals surface area (Å²) in [5.41, 5.74) is 10.2. The monoisotopic (exact) mass is 641 g/mol. The Morgan fingerprint density at radius 3 is 1.58 bits per heavy atom. The minimum Gasteiger partial charge on any atom is -0.456 e. The molecule has 50 heavy (non-hydrogen) atoms. The zero-order valence-electron chi connectivity index (χ0n) is 26.7. The van der Waals surface area contributed by atoms with Crippen molar-refractivity contribution in [3.63, 3.8) is 0 Å². The first-order valence-corrected chi connectivity index (χ1v) is 16.6. The average molecular weight is 642 g/mol. The van der Waals surface area contributed by atoms with Crippen LogP contribution in [0.4, 0.5) is 0 Å². The number of benzene rings is 7. The molecular formula is C45H27N3O2. The van der Waals surface area contributed by atoms with Gasteiger partial charge in [-0.1, -0.05) is 133 Å². The fourth-order valence-corrected chi connectivity index (χ4v) is 7.07. The summed E-state index contributed by atoms with van der Waals surface area (Å²) in [5.74, 6) is 1.81. The lowest BCUT2D eigenvalue weighted by molar-refractivity contribution is 0.668. The van der Waals surface area contributed by atoms with Gasteiger partial charge in [0.15, 0.2) is 17.5 Å². The van der Waals surface area contributed by atoms with Gasteiger partial charge in [0.1, 0.15) is 22.3 Å². The third-order valence-corrected chi connectivity index (χ3v) is 9.37. The molecule has 5 heteroatoms. The lowest BCUT2D eigenvalue weighted by Crippen LogP contribution is -2.01. The predicted molar refractivity (Wildman–Crippen MR) is 202 cm³/mol. The summed E-state index contributed by atoms with van der Waals surface area (Å²) >= 11 is 0. The molecule has 0 aliphatic carbocycles. The van der Waals surface area contributed by atoms with Gasteiger partial charge in [-0.3, -0.25) is 0 Å². The average Bonchev–Trinajstić information content (AvgIpc) is 3.76. The minimum absolute atomic E-state index is 0.587. The van der Waals surface area contributed by atoms with Crippen LogP contribution in [0.2, 0.25) is 0 Å². The van der Waals surface area contributed by atoms with Crippen LogP contribution in [0.3, 0.4) is 0 Å². The second kappa shape index (κ2) is 11.4. The molecule has 0 atom stereocenters. The third kappa shape index (κ3) is 4.60. The number of hydrogen-bond acceptors (Lipinski definition) is 5. The molecule has 0 aliphatic heterocycles. The number of rotatable bonds is 5. The molecule has 0 fully saturated rings. The fourth-order valence-electron chi connectivity index (χ4n) is 7.07. The summed E-state index contributed by atoms with van der Waals surface area (Å²) in [4.78, 5) is 15.3. The van der Waals surface area contributed by atoms with E-state index in [1.54, 1.807) is 0 Å². The summed E-state index contributed by atoms with van der Waals surface area (Å²) in [6.45, 7) is 0. The summed E-state index contributed by atoms with van der Waals surface area (Å²) in [6, 6.07) is 55.6. The number of furan rings is 2. The van der Waals surface area contributed by atoms with Crippen LogP contribution in [0.25, 0.3) is 100 Å². The topological polar surface area (TPSA) is 65.0 Å². The molecule has 0 aliphatic rings. The van der Waals surface area contributed by atoms with E-state index in [0.717, 1.165) is 82.8 Å². The van der Waals surface area contributed by atoms with E-state index in [1.165, 1.54) is 0 Å². The summed E-state index contributed by atoms with van der Waals surface area (Å²) in [6.07, 6.45) is 0. The number of nitrogens with zero attached hydrogens (tertiary/aromatic N) is 3. The SMILES string of the molecule is c1ccc(-c2nc(-c3ccccc3)nc(-c3cccc(-c4ccc5c(c4)oc4ccccc45)c3-c3cccc4oc5ccccc5c34)n2)cc1. The van der Waals surface area contributed by atoms with Gasteiger partial charge in [-0.25, -0.2) is 15.0 Å². The molecular weight excluding hydrogens is 615 g/mol. The molecule has 0 N–H and O–H groups in total. The highest BCUT2D eigenvalue weighted by atomic mass is 16.3.